The average Bonchev–Trinajstić information content (AvgIpc) is 3.04. The Bertz CT molecular complexity index is 1040. The molecule has 1 amide bonds. The number of aromatic nitrogens is 3. The van der Waals surface area contributed by atoms with Crippen molar-refractivity contribution in [1.29, 1.82) is 0 Å². The number of benzene rings is 2. The molecule has 0 saturated heterocycles. The molecule has 0 spiro atoms. The number of thioether (sulfide) groups is 1. The number of carbonyl (C=O) groups excluding carboxylic acids is 1. The third-order valence-electron chi connectivity index (χ3n) is 4.07. The van der Waals surface area contributed by atoms with Gasteiger partial charge in [-0.25, -0.2) is 0 Å². The molecule has 0 radical (unpaired) electrons. The Morgan fingerprint density at radius 2 is 1.97 bits per heavy atom. The van der Waals surface area contributed by atoms with Crippen LogP contribution < -0.4 is 5.32 Å². The van der Waals surface area contributed by atoms with E-state index in [-0.39, 0.29) is 17.4 Å². The van der Waals surface area contributed by atoms with Crippen LogP contribution in [0.5, 0.6) is 5.75 Å². The highest BCUT2D eigenvalue weighted by Gasteiger charge is 2.18. The third-order valence-corrected chi connectivity index (χ3v) is 5.53. The van der Waals surface area contributed by atoms with Crippen LogP contribution >= 0.6 is 27.7 Å². The van der Waals surface area contributed by atoms with Gasteiger partial charge in [0.1, 0.15) is 5.75 Å². The van der Waals surface area contributed by atoms with Gasteiger partial charge in [0, 0.05) is 16.7 Å². The van der Waals surface area contributed by atoms with Gasteiger partial charge in [-0.05, 0) is 55.3 Å². The SMILES string of the molecule is C=CCn1c(SCC(=O)Nc2cc(C)cc(C)c2)nnc1-c1cc(Br)ccc1O. The van der Waals surface area contributed by atoms with E-state index < -0.39 is 0 Å². The van der Waals surface area contributed by atoms with Gasteiger partial charge >= 0.3 is 0 Å². The molecule has 0 aliphatic heterocycles. The first-order chi connectivity index (χ1) is 13.9. The van der Waals surface area contributed by atoms with Crippen molar-refractivity contribution in [2.45, 2.75) is 25.5 Å². The number of allylic oxidation sites excluding steroid dienone is 1. The maximum Gasteiger partial charge on any atom is 0.234 e. The molecule has 0 fully saturated rings. The summed E-state index contributed by atoms with van der Waals surface area (Å²) < 4.78 is 2.64. The van der Waals surface area contributed by atoms with E-state index in [0.29, 0.717) is 23.1 Å². The molecular formula is C21H21BrN4O2S. The second kappa shape index (κ2) is 9.28. The standard InChI is InChI=1S/C21H21BrN4O2S/c1-4-7-26-20(17-11-15(22)5-6-18(17)27)24-25-21(26)29-12-19(28)23-16-9-13(2)8-14(3)10-16/h4-6,8-11,27H,1,7,12H2,2-3H3,(H,23,28). The summed E-state index contributed by atoms with van der Waals surface area (Å²) in [6, 6.07) is 11.0. The van der Waals surface area contributed by atoms with Crippen LogP contribution in [0.4, 0.5) is 5.69 Å². The summed E-state index contributed by atoms with van der Waals surface area (Å²) in [6.07, 6.45) is 1.72. The first-order valence-electron chi connectivity index (χ1n) is 8.91. The summed E-state index contributed by atoms with van der Waals surface area (Å²) in [5, 5.41) is 22.1. The molecule has 1 heterocycles. The number of anilines is 1. The number of aromatic hydroxyl groups is 1. The Morgan fingerprint density at radius 1 is 1.24 bits per heavy atom. The first-order valence-corrected chi connectivity index (χ1v) is 10.7. The highest BCUT2D eigenvalue weighted by atomic mass is 79.9. The molecule has 29 heavy (non-hydrogen) atoms. The lowest BCUT2D eigenvalue weighted by atomic mass is 10.1. The van der Waals surface area contributed by atoms with E-state index in [1.54, 1.807) is 24.3 Å². The fraction of sp³-hybridized carbons (Fsp3) is 0.190. The fourth-order valence-corrected chi connectivity index (χ4v) is 4.06. The predicted octanol–water partition coefficient (Wildman–Crippen LogP) is 4.95. The lowest BCUT2D eigenvalue weighted by Crippen LogP contribution is -2.15. The topological polar surface area (TPSA) is 80.0 Å². The summed E-state index contributed by atoms with van der Waals surface area (Å²) in [7, 11) is 0. The van der Waals surface area contributed by atoms with Gasteiger partial charge < -0.3 is 10.4 Å². The molecule has 3 aromatic rings. The Balaban J connectivity index is 1.77. The molecule has 0 unspecified atom stereocenters. The number of carbonyl (C=O) groups is 1. The molecule has 2 aromatic carbocycles. The highest BCUT2D eigenvalue weighted by Crippen LogP contribution is 2.32. The number of phenols is 1. The molecule has 0 saturated carbocycles. The van der Waals surface area contributed by atoms with Crippen LogP contribution in [0.2, 0.25) is 0 Å². The van der Waals surface area contributed by atoms with Crippen LogP contribution in [0, 0.1) is 13.8 Å². The van der Waals surface area contributed by atoms with Crippen molar-refractivity contribution in [2.75, 3.05) is 11.1 Å². The normalized spacial score (nSPS) is 10.7. The Labute approximate surface area is 182 Å². The van der Waals surface area contributed by atoms with E-state index in [4.69, 9.17) is 0 Å². The van der Waals surface area contributed by atoms with Gasteiger partial charge in [0.05, 0.1) is 11.3 Å². The summed E-state index contributed by atoms with van der Waals surface area (Å²) in [4.78, 5) is 12.4. The smallest absolute Gasteiger partial charge is 0.234 e. The highest BCUT2D eigenvalue weighted by molar-refractivity contribution is 9.10. The van der Waals surface area contributed by atoms with Crippen molar-refractivity contribution < 1.29 is 9.90 Å². The summed E-state index contributed by atoms with van der Waals surface area (Å²) in [5.41, 5.74) is 3.52. The largest absolute Gasteiger partial charge is 0.507 e. The molecule has 1 aromatic heterocycles. The first kappa shape index (κ1) is 21.1. The minimum atomic E-state index is -0.125. The average molecular weight is 473 g/mol. The molecule has 0 bridgehead atoms. The van der Waals surface area contributed by atoms with Crippen molar-refractivity contribution in [1.82, 2.24) is 14.8 Å². The zero-order chi connectivity index (χ0) is 21.0. The maximum atomic E-state index is 12.4. The number of phenolic OH excluding ortho intramolecular Hbond substituents is 1. The molecule has 150 valence electrons. The van der Waals surface area contributed by atoms with Gasteiger partial charge in [0.15, 0.2) is 11.0 Å². The number of hydrogen-bond donors (Lipinski definition) is 2. The van der Waals surface area contributed by atoms with Gasteiger partial charge in [-0.2, -0.15) is 0 Å². The zero-order valence-electron chi connectivity index (χ0n) is 16.1. The van der Waals surface area contributed by atoms with E-state index in [1.165, 1.54) is 11.8 Å². The van der Waals surface area contributed by atoms with Crippen LogP contribution in [0.25, 0.3) is 11.4 Å². The van der Waals surface area contributed by atoms with Gasteiger partial charge in [-0.1, -0.05) is 39.8 Å². The predicted molar refractivity (Wildman–Crippen MR) is 120 cm³/mol. The van der Waals surface area contributed by atoms with Crippen molar-refractivity contribution in [3.63, 3.8) is 0 Å². The van der Waals surface area contributed by atoms with Gasteiger partial charge in [0.25, 0.3) is 0 Å². The molecule has 8 heteroatoms. The van der Waals surface area contributed by atoms with Crippen LogP contribution in [0.15, 0.2) is 58.7 Å². The van der Waals surface area contributed by atoms with Crippen molar-refractivity contribution in [3.8, 4) is 17.1 Å². The molecule has 0 atom stereocenters. The number of amides is 1. The summed E-state index contributed by atoms with van der Waals surface area (Å²) >= 11 is 4.69. The second-order valence-electron chi connectivity index (χ2n) is 6.58. The second-order valence-corrected chi connectivity index (χ2v) is 8.44. The van der Waals surface area contributed by atoms with Gasteiger partial charge in [-0.15, -0.1) is 16.8 Å². The van der Waals surface area contributed by atoms with Crippen LogP contribution in [-0.2, 0) is 11.3 Å². The summed E-state index contributed by atoms with van der Waals surface area (Å²) in [6.45, 7) is 8.22. The monoisotopic (exact) mass is 472 g/mol. The molecule has 0 aliphatic rings. The van der Waals surface area contributed by atoms with E-state index in [9.17, 15) is 9.90 Å². The molecular weight excluding hydrogens is 452 g/mol. The maximum absolute atomic E-state index is 12.4. The molecule has 3 rings (SSSR count). The zero-order valence-corrected chi connectivity index (χ0v) is 18.5. The molecule has 0 aliphatic carbocycles. The fourth-order valence-electron chi connectivity index (χ4n) is 2.95. The number of hydrogen-bond acceptors (Lipinski definition) is 5. The van der Waals surface area contributed by atoms with E-state index >= 15 is 0 Å². The number of nitrogens with zero attached hydrogens (tertiary/aromatic N) is 3. The number of aryl methyl sites for hydroxylation is 2. The summed E-state index contributed by atoms with van der Waals surface area (Å²) in [5.74, 6) is 0.683. The minimum Gasteiger partial charge on any atom is -0.507 e. The minimum absolute atomic E-state index is 0.107. The van der Waals surface area contributed by atoms with E-state index in [0.717, 1.165) is 21.3 Å². The quantitative estimate of drug-likeness (QED) is 0.375. The lowest BCUT2D eigenvalue weighted by molar-refractivity contribution is -0.113. The number of nitrogens with one attached hydrogen (secondary N) is 1. The van der Waals surface area contributed by atoms with E-state index in [1.807, 2.05) is 30.5 Å². The van der Waals surface area contributed by atoms with Gasteiger partial charge in [0.2, 0.25) is 5.91 Å². The lowest BCUT2D eigenvalue weighted by Gasteiger charge is -2.10. The van der Waals surface area contributed by atoms with Crippen molar-refractivity contribution in [3.05, 3.63) is 64.7 Å². The van der Waals surface area contributed by atoms with Crippen LogP contribution in [0.1, 0.15) is 11.1 Å². The van der Waals surface area contributed by atoms with Crippen LogP contribution in [0.3, 0.4) is 0 Å². The van der Waals surface area contributed by atoms with Gasteiger partial charge in [-0.3, -0.25) is 9.36 Å². The molecule has 6 nitrogen and oxygen atoms in total. The van der Waals surface area contributed by atoms with Crippen molar-refractivity contribution in [2.24, 2.45) is 0 Å². The number of halogens is 1. The number of rotatable bonds is 7. The molecule has 2 N–H and O–H groups in total. The van der Waals surface area contributed by atoms with E-state index in [2.05, 4.69) is 44.1 Å². The Morgan fingerprint density at radius 3 is 2.66 bits per heavy atom. The Hall–Kier alpha value is -2.58. The van der Waals surface area contributed by atoms with Crippen LogP contribution in [-0.4, -0.2) is 31.5 Å². The van der Waals surface area contributed by atoms with Crippen molar-refractivity contribution >= 4 is 39.3 Å². The third kappa shape index (κ3) is 5.27. The Kier molecular flexibility index (Phi) is 6.76.